The van der Waals surface area contributed by atoms with Crippen LogP contribution in [-0.4, -0.2) is 13.2 Å². The number of hydrogen-bond acceptors (Lipinski definition) is 3. The Labute approximate surface area is 97.0 Å². The van der Waals surface area contributed by atoms with E-state index in [2.05, 4.69) is 11.5 Å². The predicted molar refractivity (Wildman–Crippen MR) is 65.2 cm³/mol. The van der Waals surface area contributed by atoms with Crippen LogP contribution in [0.4, 0.5) is 0 Å². The number of nitrogens with two attached hydrogens (primary N) is 1. The number of rotatable bonds is 6. The Balaban J connectivity index is 1.99. The van der Waals surface area contributed by atoms with E-state index in [1.807, 2.05) is 18.2 Å². The Morgan fingerprint density at radius 2 is 2.19 bits per heavy atom. The quantitative estimate of drug-likeness (QED) is 0.568. The van der Waals surface area contributed by atoms with Crippen LogP contribution < -0.4 is 16.0 Å². The van der Waals surface area contributed by atoms with Crippen molar-refractivity contribution in [1.29, 1.82) is 0 Å². The summed E-state index contributed by atoms with van der Waals surface area (Å²) in [5.41, 5.74) is 4.15. The zero-order valence-corrected chi connectivity index (χ0v) is 9.78. The number of hydrazine groups is 1. The molecule has 1 unspecified atom stereocenters. The minimum atomic E-state index is 0.365. The maximum atomic E-state index is 5.60. The summed E-state index contributed by atoms with van der Waals surface area (Å²) in [4.78, 5) is 0. The molecule has 1 aromatic rings. The molecule has 2 rings (SSSR count). The maximum absolute atomic E-state index is 5.60. The summed E-state index contributed by atoms with van der Waals surface area (Å²) in [5, 5.41) is 0. The van der Waals surface area contributed by atoms with Gasteiger partial charge in [0.2, 0.25) is 0 Å². The highest BCUT2D eigenvalue weighted by atomic mass is 16.5. The fourth-order valence-corrected chi connectivity index (χ4v) is 2.10. The van der Waals surface area contributed by atoms with Crippen molar-refractivity contribution in [3.63, 3.8) is 0 Å². The molecule has 0 spiro atoms. The standard InChI is InChI=1S/C13H20N2O/c1-16-13-5-3-2-4-11(13)9-12(15-14)8-10-6-7-10/h2-5,10,12,15H,6-9,14H2,1H3. The lowest BCUT2D eigenvalue weighted by atomic mass is 10.0. The lowest BCUT2D eigenvalue weighted by Crippen LogP contribution is -2.37. The second kappa shape index (κ2) is 5.32. The number of ether oxygens (including phenoxy) is 1. The van der Waals surface area contributed by atoms with Crippen LogP contribution in [0.3, 0.4) is 0 Å². The van der Waals surface area contributed by atoms with E-state index < -0.39 is 0 Å². The molecule has 0 aromatic heterocycles. The first-order valence-electron chi connectivity index (χ1n) is 5.91. The van der Waals surface area contributed by atoms with E-state index in [0.717, 1.165) is 18.1 Å². The van der Waals surface area contributed by atoms with Crippen molar-refractivity contribution in [3.8, 4) is 5.75 Å². The number of hydrogen-bond donors (Lipinski definition) is 2. The van der Waals surface area contributed by atoms with E-state index >= 15 is 0 Å². The summed E-state index contributed by atoms with van der Waals surface area (Å²) >= 11 is 0. The fraction of sp³-hybridized carbons (Fsp3) is 0.538. The molecule has 16 heavy (non-hydrogen) atoms. The summed E-state index contributed by atoms with van der Waals surface area (Å²) in [5.74, 6) is 7.44. The normalized spacial score (nSPS) is 17.1. The van der Waals surface area contributed by atoms with Gasteiger partial charge in [0.05, 0.1) is 7.11 Å². The van der Waals surface area contributed by atoms with Crippen LogP contribution >= 0.6 is 0 Å². The highest BCUT2D eigenvalue weighted by Crippen LogP contribution is 2.34. The second-order valence-corrected chi connectivity index (χ2v) is 4.56. The molecule has 1 aliphatic carbocycles. The molecule has 1 aliphatic rings. The van der Waals surface area contributed by atoms with Gasteiger partial charge in [-0.05, 0) is 30.4 Å². The molecular weight excluding hydrogens is 200 g/mol. The average Bonchev–Trinajstić information content (AvgIpc) is 3.13. The highest BCUT2D eigenvalue weighted by molar-refractivity contribution is 5.33. The van der Waals surface area contributed by atoms with Crippen molar-refractivity contribution in [3.05, 3.63) is 29.8 Å². The molecule has 0 saturated heterocycles. The molecule has 3 N–H and O–H groups in total. The monoisotopic (exact) mass is 220 g/mol. The van der Waals surface area contributed by atoms with Gasteiger partial charge in [0.25, 0.3) is 0 Å². The van der Waals surface area contributed by atoms with Gasteiger partial charge in [0.15, 0.2) is 0 Å². The topological polar surface area (TPSA) is 47.3 Å². The summed E-state index contributed by atoms with van der Waals surface area (Å²) in [6.45, 7) is 0. The molecule has 0 bridgehead atoms. The van der Waals surface area contributed by atoms with Gasteiger partial charge in [0, 0.05) is 6.04 Å². The summed E-state index contributed by atoms with van der Waals surface area (Å²) in [7, 11) is 1.71. The predicted octanol–water partition coefficient (Wildman–Crippen LogP) is 1.87. The van der Waals surface area contributed by atoms with E-state index in [4.69, 9.17) is 10.6 Å². The van der Waals surface area contributed by atoms with Crippen molar-refractivity contribution >= 4 is 0 Å². The van der Waals surface area contributed by atoms with Gasteiger partial charge in [0.1, 0.15) is 5.75 Å². The maximum Gasteiger partial charge on any atom is 0.122 e. The number of para-hydroxylation sites is 1. The van der Waals surface area contributed by atoms with Crippen molar-refractivity contribution in [1.82, 2.24) is 5.43 Å². The molecule has 1 fully saturated rings. The van der Waals surface area contributed by atoms with Crippen LogP contribution in [0.15, 0.2) is 24.3 Å². The Kier molecular flexibility index (Phi) is 3.80. The molecule has 1 atom stereocenters. The minimum Gasteiger partial charge on any atom is -0.496 e. The van der Waals surface area contributed by atoms with E-state index in [1.165, 1.54) is 24.8 Å². The van der Waals surface area contributed by atoms with Crippen LogP contribution in [0, 0.1) is 5.92 Å². The summed E-state index contributed by atoms with van der Waals surface area (Å²) in [6.07, 6.45) is 4.85. The Morgan fingerprint density at radius 1 is 1.44 bits per heavy atom. The third kappa shape index (κ3) is 2.97. The second-order valence-electron chi connectivity index (χ2n) is 4.56. The van der Waals surface area contributed by atoms with Gasteiger partial charge in [-0.1, -0.05) is 31.0 Å². The van der Waals surface area contributed by atoms with E-state index in [1.54, 1.807) is 7.11 Å². The van der Waals surface area contributed by atoms with Gasteiger partial charge in [-0.2, -0.15) is 0 Å². The first-order chi connectivity index (χ1) is 7.83. The highest BCUT2D eigenvalue weighted by Gasteiger charge is 2.25. The van der Waals surface area contributed by atoms with E-state index in [0.29, 0.717) is 6.04 Å². The van der Waals surface area contributed by atoms with Crippen molar-refractivity contribution in [2.45, 2.75) is 31.7 Å². The molecule has 0 amide bonds. The largest absolute Gasteiger partial charge is 0.496 e. The van der Waals surface area contributed by atoms with Gasteiger partial charge >= 0.3 is 0 Å². The Bertz CT molecular complexity index is 336. The zero-order valence-electron chi connectivity index (χ0n) is 9.78. The molecule has 0 heterocycles. The first-order valence-corrected chi connectivity index (χ1v) is 5.91. The SMILES string of the molecule is COc1ccccc1CC(CC1CC1)NN. The summed E-state index contributed by atoms with van der Waals surface area (Å²) < 4.78 is 5.34. The Morgan fingerprint density at radius 3 is 2.81 bits per heavy atom. The smallest absolute Gasteiger partial charge is 0.122 e. The lowest BCUT2D eigenvalue weighted by molar-refractivity contribution is 0.400. The van der Waals surface area contributed by atoms with Crippen LogP contribution in [0.2, 0.25) is 0 Å². The lowest BCUT2D eigenvalue weighted by Gasteiger charge is -2.17. The van der Waals surface area contributed by atoms with Crippen molar-refractivity contribution in [2.24, 2.45) is 11.8 Å². The van der Waals surface area contributed by atoms with Gasteiger partial charge in [-0.3, -0.25) is 11.3 Å². The molecule has 0 radical (unpaired) electrons. The third-order valence-corrected chi connectivity index (χ3v) is 3.21. The summed E-state index contributed by atoms with van der Waals surface area (Å²) in [6, 6.07) is 8.51. The van der Waals surface area contributed by atoms with Crippen LogP contribution in [0.1, 0.15) is 24.8 Å². The van der Waals surface area contributed by atoms with Gasteiger partial charge in [-0.15, -0.1) is 0 Å². The third-order valence-electron chi connectivity index (χ3n) is 3.21. The molecule has 0 aliphatic heterocycles. The van der Waals surface area contributed by atoms with Gasteiger partial charge in [-0.25, -0.2) is 0 Å². The fourth-order valence-electron chi connectivity index (χ4n) is 2.10. The molecule has 88 valence electrons. The minimum absolute atomic E-state index is 0.365. The van der Waals surface area contributed by atoms with Crippen molar-refractivity contribution in [2.75, 3.05) is 7.11 Å². The number of benzene rings is 1. The van der Waals surface area contributed by atoms with Crippen LogP contribution in [0.25, 0.3) is 0 Å². The van der Waals surface area contributed by atoms with Gasteiger partial charge < -0.3 is 4.74 Å². The van der Waals surface area contributed by atoms with E-state index in [-0.39, 0.29) is 0 Å². The average molecular weight is 220 g/mol. The number of methoxy groups -OCH3 is 1. The van der Waals surface area contributed by atoms with Crippen molar-refractivity contribution < 1.29 is 4.74 Å². The molecule has 1 saturated carbocycles. The van der Waals surface area contributed by atoms with Crippen LogP contribution in [-0.2, 0) is 6.42 Å². The molecule has 3 heteroatoms. The molecule has 3 nitrogen and oxygen atoms in total. The zero-order chi connectivity index (χ0) is 11.4. The van der Waals surface area contributed by atoms with Crippen LogP contribution in [0.5, 0.6) is 5.75 Å². The Hall–Kier alpha value is -1.06. The molecule has 1 aromatic carbocycles. The molecular formula is C13H20N2O. The number of nitrogens with one attached hydrogen (secondary N) is 1. The first kappa shape index (κ1) is 11.4. The van der Waals surface area contributed by atoms with E-state index in [9.17, 15) is 0 Å².